The van der Waals surface area contributed by atoms with Crippen LogP contribution in [0.3, 0.4) is 0 Å². The van der Waals surface area contributed by atoms with Crippen molar-refractivity contribution in [3.8, 4) is 17.0 Å². The van der Waals surface area contributed by atoms with Gasteiger partial charge in [0, 0.05) is 29.7 Å². The first kappa shape index (κ1) is 20.8. The van der Waals surface area contributed by atoms with Gasteiger partial charge in [-0.3, -0.25) is 10.1 Å². The molecule has 31 heavy (non-hydrogen) atoms. The number of ether oxygens (including phenoxy) is 2. The van der Waals surface area contributed by atoms with Crippen LogP contribution in [0.2, 0.25) is 0 Å². The molecule has 0 bridgehead atoms. The topological polar surface area (TPSA) is 92.8 Å². The lowest BCUT2D eigenvalue weighted by atomic mass is 10.1. The molecule has 8 nitrogen and oxygen atoms in total. The van der Waals surface area contributed by atoms with Gasteiger partial charge in [0.2, 0.25) is 0 Å². The minimum atomic E-state index is -0.368. The van der Waals surface area contributed by atoms with Gasteiger partial charge in [-0.05, 0) is 24.3 Å². The Kier molecular flexibility index (Phi) is 6.75. The Morgan fingerprint density at radius 1 is 1.03 bits per heavy atom. The maximum absolute atomic E-state index is 12.4. The first-order valence-corrected chi connectivity index (χ1v) is 10.7. The molecule has 0 radical (unpaired) electrons. The van der Waals surface area contributed by atoms with Crippen LogP contribution >= 0.6 is 11.3 Å². The summed E-state index contributed by atoms with van der Waals surface area (Å²) in [5.74, 6) is 0.492. The van der Waals surface area contributed by atoms with Gasteiger partial charge < -0.3 is 19.7 Å². The minimum absolute atomic E-state index is 0.0499. The molecule has 0 atom stereocenters. The van der Waals surface area contributed by atoms with Crippen molar-refractivity contribution in [1.82, 2.24) is 9.88 Å². The second-order valence-electron chi connectivity index (χ2n) is 6.76. The summed E-state index contributed by atoms with van der Waals surface area (Å²) < 4.78 is 11.1. The third-order valence-corrected chi connectivity index (χ3v) is 5.39. The molecule has 9 heteroatoms. The summed E-state index contributed by atoms with van der Waals surface area (Å²) in [4.78, 5) is 30.8. The van der Waals surface area contributed by atoms with Crippen LogP contribution in [-0.2, 0) is 9.53 Å². The van der Waals surface area contributed by atoms with Gasteiger partial charge in [0.05, 0.1) is 18.9 Å². The van der Waals surface area contributed by atoms with Crippen molar-refractivity contribution >= 4 is 34.1 Å². The number of benzene rings is 2. The molecule has 2 N–H and O–H groups in total. The highest BCUT2D eigenvalue weighted by Crippen LogP contribution is 2.32. The zero-order valence-corrected chi connectivity index (χ0v) is 17.6. The highest BCUT2D eigenvalue weighted by Gasteiger charge is 2.18. The van der Waals surface area contributed by atoms with Crippen molar-refractivity contribution < 1.29 is 19.1 Å². The lowest BCUT2D eigenvalue weighted by molar-refractivity contribution is -0.137. The Bertz CT molecular complexity index is 1030. The summed E-state index contributed by atoms with van der Waals surface area (Å²) in [6.45, 7) is 2.21. The highest BCUT2D eigenvalue weighted by molar-refractivity contribution is 7.14. The summed E-state index contributed by atoms with van der Waals surface area (Å²) in [7, 11) is 0. The van der Waals surface area contributed by atoms with Crippen LogP contribution in [0, 0.1) is 0 Å². The number of para-hydroxylation sites is 2. The number of nitrogens with one attached hydrogen (secondary N) is 2. The molecule has 1 aromatic heterocycles. The zero-order chi connectivity index (χ0) is 21.5. The fraction of sp³-hybridized carbons (Fsp3) is 0.227. The Labute approximate surface area is 183 Å². The van der Waals surface area contributed by atoms with E-state index in [-0.39, 0.29) is 18.5 Å². The molecule has 1 aliphatic rings. The fourth-order valence-electron chi connectivity index (χ4n) is 3.08. The van der Waals surface area contributed by atoms with E-state index in [9.17, 15) is 9.59 Å². The van der Waals surface area contributed by atoms with E-state index in [1.807, 2.05) is 41.8 Å². The van der Waals surface area contributed by atoms with Crippen LogP contribution in [0.1, 0.15) is 0 Å². The van der Waals surface area contributed by atoms with Crippen LogP contribution in [0.15, 0.2) is 60.0 Å². The minimum Gasteiger partial charge on any atom is -0.483 e. The van der Waals surface area contributed by atoms with E-state index >= 15 is 0 Å². The Morgan fingerprint density at radius 3 is 2.58 bits per heavy atom. The molecular weight excluding hydrogens is 416 g/mol. The second kappa shape index (κ2) is 10.1. The lowest BCUT2D eigenvalue weighted by Crippen LogP contribution is -2.43. The number of thiazole rings is 1. The highest BCUT2D eigenvalue weighted by atomic mass is 32.1. The largest absolute Gasteiger partial charge is 0.483 e. The molecule has 0 unspecified atom stereocenters. The van der Waals surface area contributed by atoms with Gasteiger partial charge in [0.1, 0.15) is 5.75 Å². The van der Waals surface area contributed by atoms with Gasteiger partial charge in [0.25, 0.3) is 5.91 Å². The van der Waals surface area contributed by atoms with E-state index < -0.39 is 0 Å². The van der Waals surface area contributed by atoms with Gasteiger partial charge in [-0.2, -0.15) is 0 Å². The first-order chi connectivity index (χ1) is 15.2. The predicted molar refractivity (Wildman–Crippen MR) is 120 cm³/mol. The predicted octanol–water partition coefficient (Wildman–Crippen LogP) is 3.69. The number of rotatable bonds is 6. The van der Waals surface area contributed by atoms with E-state index in [0.29, 0.717) is 48.6 Å². The number of urea groups is 1. The van der Waals surface area contributed by atoms with Gasteiger partial charge in [-0.1, -0.05) is 30.3 Å². The molecule has 0 spiro atoms. The summed E-state index contributed by atoms with van der Waals surface area (Å²) in [6.07, 6.45) is 0. The summed E-state index contributed by atoms with van der Waals surface area (Å²) in [5.41, 5.74) is 2.11. The molecule has 160 valence electrons. The van der Waals surface area contributed by atoms with Crippen molar-refractivity contribution in [1.29, 1.82) is 0 Å². The zero-order valence-electron chi connectivity index (χ0n) is 16.7. The SMILES string of the molecule is O=C(Nc1ccccc1)Nc1nc(-c2ccccc2OCC(=O)N2CCOCC2)cs1. The Morgan fingerprint density at radius 2 is 1.77 bits per heavy atom. The molecule has 1 fully saturated rings. The van der Waals surface area contributed by atoms with Crippen LogP contribution in [0.5, 0.6) is 5.75 Å². The molecule has 1 aliphatic heterocycles. The molecular formula is C22H22N4O4S. The van der Waals surface area contributed by atoms with Crippen molar-refractivity contribution in [3.05, 3.63) is 60.0 Å². The van der Waals surface area contributed by atoms with Crippen molar-refractivity contribution in [2.45, 2.75) is 0 Å². The first-order valence-electron chi connectivity index (χ1n) is 9.85. The lowest BCUT2D eigenvalue weighted by Gasteiger charge is -2.26. The molecule has 0 saturated carbocycles. The number of aromatic nitrogens is 1. The van der Waals surface area contributed by atoms with Crippen molar-refractivity contribution in [2.75, 3.05) is 43.5 Å². The quantitative estimate of drug-likeness (QED) is 0.612. The number of amides is 3. The van der Waals surface area contributed by atoms with Crippen LogP contribution in [-0.4, -0.2) is 54.7 Å². The Balaban J connectivity index is 1.39. The third-order valence-electron chi connectivity index (χ3n) is 4.63. The number of carbonyl (C=O) groups is 2. The summed E-state index contributed by atoms with van der Waals surface area (Å²) >= 11 is 1.31. The molecule has 2 heterocycles. The third kappa shape index (κ3) is 5.59. The molecule has 3 aromatic rings. The monoisotopic (exact) mass is 438 g/mol. The number of hydrogen-bond acceptors (Lipinski definition) is 6. The van der Waals surface area contributed by atoms with E-state index in [2.05, 4.69) is 15.6 Å². The molecule has 2 aromatic carbocycles. The second-order valence-corrected chi connectivity index (χ2v) is 7.62. The van der Waals surface area contributed by atoms with E-state index in [1.165, 1.54) is 11.3 Å². The number of morpholine rings is 1. The van der Waals surface area contributed by atoms with E-state index in [0.717, 1.165) is 5.56 Å². The summed E-state index contributed by atoms with van der Waals surface area (Å²) in [6, 6.07) is 16.2. The maximum Gasteiger partial charge on any atom is 0.325 e. The van der Waals surface area contributed by atoms with Gasteiger partial charge in [0.15, 0.2) is 11.7 Å². The van der Waals surface area contributed by atoms with Gasteiger partial charge in [-0.15, -0.1) is 11.3 Å². The van der Waals surface area contributed by atoms with Gasteiger partial charge >= 0.3 is 6.03 Å². The van der Waals surface area contributed by atoms with Crippen LogP contribution in [0.25, 0.3) is 11.3 Å². The number of anilines is 2. The molecule has 4 rings (SSSR count). The molecule has 0 aliphatic carbocycles. The van der Waals surface area contributed by atoms with Crippen molar-refractivity contribution in [2.24, 2.45) is 0 Å². The number of hydrogen-bond donors (Lipinski definition) is 2. The van der Waals surface area contributed by atoms with Crippen molar-refractivity contribution in [3.63, 3.8) is 0 Å². The average Bonchev–Trinajstić information content (AvgIpc) is 3.27. The standard InChI is InChI=1S/C22H22N4O4S/c27-20(26-10-12-29-13-11-26)14-30-19-9-5-4-8-17(19)18-15-31-22(24-18)25-21(28)23-16-6-2-1-3-7-16/h1-9,15H,10-14H2,(H2,23,24,25,28). The molecule has 3 amide bonds. The Hall–Kier alpha value is -3.43. The fourth-order valence-corrected chi connectivity index (χ4v) is 3.79. The molecule has 1 saturated heterocycles. The number of carbonyl (C=O) groups excluding carboxylic acids is 2. The summed E-state index contributed by atoms with van der Waals surface area (Å²) in [5, 5.41) is 7.79. The van der Waals surface area contributed by atoms with E-state index in [1.54, 1.807) is 23.1 Å². The van der Waals surface area contributed by atoms with Crippen LogP contribution < -0.4 is 15.4 Å². The maximum atomic E-state index is 12.4. The van der Waals surface area contributed by atoms with Gasteiger partial charge in [-0.25, -0.2) is 9.78 Å². The van der Waals surface area contributed by atoms with Crippen LogP contribution in [0.4, 0.5) is 15.6 Å². The average molecular weight is 439 g/mol. The number of nitrogens with zero attached hydrogens (tertiary/aromatic N) is 2. The van der Waals surface area contributed by atoms with E-state index in [4.69, 9.17) is 9.47 Å². The normalized spacial score (nSPS) is 13.5. The smallest absolute Gasteiger partial charge is 0.325 e.